The lowest BCUT2D eigenvalue weighted by Gasteiger charge is -2.31. The second kappa shape index (κ2) is 12.3. The van der Waals surface area contributed by atoms with E-state index < -0.39 is 11.9 Å². The van der Waals surface area contributed by atoms with Crippen LogP contribution in [0.25, 0.3) is 0 Å². The molecule has 156 valence electrons. The summed E-state index contributed by atoms with van der Waals surface area (Å²) in [6.45, 7) is 4.52. The third-order valence-corrected chi connectivity index (χ3v) is 4.76. The summed E-state index contributed by atoms with van der Waals surface area (Å²) in [5, 5.41) is 8.59. The van der Waals surface area contributed by atoms with E-state index in [1.807, 2.05) is 0 Å². The van der Waals surface area contributed by atoms with Crippen LogP contribution < -0.4 is 4.90 Å². The van der Waals surface area contributed by atoms with Crippen LogP contribution in [0.4, 0.5) is 5.95 Å². The number of unbranched alkanes of at least 4 members (excludes halogenated alkanes) is 4. The average molecular weight is 393 g/mol. The van der Waals surface area contributed by atoms with E-state index in [-0.39, 0.29) is 12.5 Å². The molecule has 2 heterocycles. The highest BCUT2D eigenvalue weighted by Crippen LogP contribution is 2.18. The molecule has 1 fully saturated rings. The standard InChI is InChI=1S/C20H31N3O5/c1-2-27-19(26)16-14-21-20(22-15-16)23-11-9-17(10-12-23)28-13-7-5-3-4-6-8-18(24)25/h14-15,17H,2-13H2,1H3,(H,24,25). The van der Waals surface area contributed by atoms with E-state index in [1.165, 1.54) is 12.4 Å². The third-order valence-electron chi connectivity index (χ3n) is 4.76. The summed E-state index contributed by atoms with van der Waals surface area (Å²) < 4.78 is 10.9. The van der Waals surface area contributed by atoms with E-state index in [0.717, 1.165) is 64.6 Å². The summed E-state index contributed by atoms with van der Waals surface area (Å²) in [5.41, 5.74) is 0.367. The van der Waals surface area contributed by atoms with Gasteiger partial charge in [0.05, 0.1) is 18.3 Å². The number of carboxylic acid groups (broad SMARTS) is 1. The highest BCUT2D eigenvalue weighted by molar-refractivity contribution is 5.88. The van der Waals surface area contributed by atoms with Crippen LogP contribution in [0.2, 0.25) is 0 Å². The molecule has 0 amide bonds. The Morgan fingerprint density at radius 3 is 2.39 bits per heavy atom. The number of hydrogen-bond acceptors (Lipinski definition) is 7. The van der Waals surface area contributed by atoms with Crippen molar-refractivity contribution in [1.82, 2.24) is 9.97 Å². The molecule has 0 aliphatic carbocycles. The molecular formula is C20H31N3O5. The van der Waals surface area contributed by atoms with Gasteiger partial charge in [0.2, 0.25) is 5.95 Å². The first-order valence-corrected chi connectivity index (χ1v) is 10.2. The topological polar surface area (TPSA) is 102 Å². The molecule has 2 rings (SSSR count). The van der Waals surface area contributed by atoms with Crippen molar-refractivity contribution in [3.8, 4) is 0 Å². The van der Waals surface area contributed by atoms with Crippen LogP contribution in [0, 0.1) is 0 Å². The molecule has 0 spiro atoms. The van der Waals surface area contributed by atoms with Gasteiger partial charge in [0.1, 0.15) is 0 Å². The Hall–Kier alpha value is -2.22. The minimum absolute atomic E-state index is 0.266. The number of aliphatic carboxylic acids is 1. The summed E-state index contributed by atoms with van der Waals surface area (Å²) in [4.78, 5) is 32.8. The number of carbonyl (C=O) groups is 2. The van der Waals surface area contributed by atoms with Crippen LogP contribution in [0.1, 0.15) is 68.6 Å². The minimum atomic E-state index is -0.713. The van der Waals surface area contributed by atoms with Gasteiger partial charge in [-0.05, 0) is 32.6 Å². The van der Waals surface area contributed by atoms with E-state index in [9.17, 15) is 9.59 Å². The number of rotatable bonds is 12. The molecule has 0 radical (unpaired) electrons. The van der Waals surface area contributed by atoms with Crippen LogP contribution in [-0.4, -0.2) is 59.4 Å². The molecule has 0 unspecified atom stereocenters. The zero-order valence-corrected chi connectivity index (χ0v) is 16.6. The van der Waals surface area contributed by atoms with Crippen molar-refractivity contribution in [2.45, 2.75) is 64.4 Å². The predicted octanol–water partition coefficient (Wildman–Crippen LogP) is 3.06. The first-order valence-electron chi connectivity index (χ1n) is 10.2. The van der Waals surface area contributed by atoms with Gasteiger partial charge in [0.25, 0.3) is 0 Å². The molecule has 0 aromatic carbocycles. The van der Waals surface area contributed by atoms with E-state index in [0.29, 0.717) is 18.1 Å². The summed E-state index contributed by atoms with van der Waals surface area (Å²) in [5.74, 6) is -0.481. The zero-order chi connectivity index (χ0) is 20.2. The lowest BCUT2D eigenvalue weighted by molar-refractivity contribution is -0.137. The van der Waals surface area contributed by atoms with Gasteiger partial charge in [-0.15, -0.1) is 0 Å². The summed E-state index contributed by atoms with van der Waals surface area (Å²) in [6, 6.07) is 0. The largest absolute Gasteiger partial charge is 0.481 e. The lowest BCUT2D eigenvalue weighted by Crippen LogP contribution is -2.38. The lowest BCUT2D eigenvalue weighted by atomic mass is 10.1. The normalized spacial score (nSPS) is 14.8. The van der Waals surface area contributed by atoms with Crippen LogP contribution in [0.15, 0.2) is 12.4 Å². The molecule has 0 atom stereocenters. The number of carboxylic acids is 1. The Morgan fingerprint density at radius 1 is 1.11 bits per heavy atom. The summed E-state index contributed by atoms with van der Waals surface area (Å²) >= 11 is 0. The van der Waals surface area contributed by atoms with Gasteiger partial charge in [-0.1, -0.05) is 19.3 Å². The van der Waals surface area contributed by atoms with Crippen LogP contribution in [0.3, 0.4) is 0 Å². The average Bonchev–Trinajstić information content (AvgIpc) is 2.70. The highest BCUT2D eigenvalue weighted by Gasteiger charge is 2.21. The summed E-state index contributed by atoms with van der Waals surface area (Å²) in [7, 11) is 0. The van der Waals surface area contributed by atoms with Gasteiger partial charge in [-0.3, -0.25) is 4.79 Å². The molecule has 0 bridgehead atoms. The van der Waals surface area contributed by atoms with E-state index >= 15 is 0 Å². The molecule has 1 aliphatic rings. The molecule has 8 heteroatoms. The molecule has 8 nitrogen and oxygen atoms in total. The number of ether oxygens (including phenoxy) is 2. The maximum Gasteiger partial charge on any atom is 0.341 e. The first-order chi connectivity index (χ1) is 13.6. The van der Waals surface area contributed by atoms with Gasteiger partial charge in [0, 0.05) is 38.5 Å². The number of nitrogens with zero attached hydrogens (tertiary/aromatic N) is 3. The third kappa shape index (κ3) is 7.80. The number of hydrogen-bond donors (Lipinski definition) is 1. The molecule has 1 aliphatic heterocycles. The smallest absolute Gasteiger partial charge is 0.341 e. The Kier molecular flexibility index (Phi) is 9.68. The fourth-order valence-corrected chi connectivity index (χ4v) is 3.19. The number of piperidine rings is 1. The van der Waals surface area contributed by atoms with Crippen LogP contribution in [0.5, 0.6) is 0 Å². The second-order valence-electron chi connectivity index (χ2n) is 6.96. The summed E-state index contributed by atoms with van der Waals surface area (Å²) in [6.07, 6.45) is 10.3. The Morgan fingerprint density at radius 2 is 1.75 bits per heavy atom. The Bertz CT molecular complexity index is 600. The zero-order valence-electron chi connectivity index (χ0n) is 16.6. The quantitative estimate of drug-likeness (QED) is 0.427. The van der Waals surface area contributed by atoms with Gasteiger partial charge in [-0.2, -0.15) is 0 Å². The van der Waals surface area contributed by atoms with Crippen molar-refractivity contribution in [3.63, 3.8) is 0 Å². The van der Waals surface area contributed by atoms with Crippen molar-refractivity contribution in [2.75, 3.05) is 31.2 Å². The molecule has 0 saturated carbocycles. The van der Waals surface area contributed by atoms with E-state index in [1.54, 1.807) is 6.92 Å². The SMILES string of the molecule is CCOC(=O)c1cnc(N2CCC(OCCCCCCCC(=O)O)CC2)nc1. The van der Waals surface area contributed by atoms with E-state index in [4.69, 9.17) is 14.6 Å². The maximum absolute atomic E-state index is 11.6. The molecular weight excluding hydrogens is 362 g/mol. The highest BCUT2D eigenvalue weighted by atomic mass is 16.5. The molecule has 1 saturated heterocycles. The van der Waals surface area contributed by atoms with Gasteiger partial charge < -0.3 is 19.5 Å². The number of aromatic nitrogens is 2. The van der Waals surface area contributed by atoms with Crippen molar-refractivity contribution in [2.24, 2.45) is 0 Å². The van der Waals surface area contributed by atoms with Crippen LogP contribution >= 0.6 is 0 Å². The molecule has 1 aromatic heterocycles. The van der Waals surface area contributed by atoms with Crippen molar-refractivity contribution >= 4 is 17.9 Å². The number of esters is 1. The molecule has 28 heavy (non-hydrogen) atoms. The van der Waals surface area contributed by atoms with Crippen molar-refractivity contribution in [3.05, 3.63) is 18.0 Å². The second-order valence-corrected chi connectivity index (χ2v) is 6.96. The fourth-order valence-electron chi connectivity index (χ4n) is 3.19. The number of anilines is 1. The van der Waals surface area contributed by atoms with Gasteiger partial charge in [0.15, 0.2) is 0 Å². The van der Waals surface area contributed by atoms with Crippen molar-refractivity contribution in [1.29, 1.82) is 0 Å². The fraction of sp³-hybridized carbons (Fsp3) is 0.700. The molecule has 1 aromatic rings. The van der Waals surface area contributed by atoms with E-state index in [2.05, 4.69) is 14.9 Å². The minimum Gasteiger partial charge on any atom is -0.481 e. The first kappa shape index (κ1) is 22.1. The monoisotopic (exact) mass is 393 g/mol. The molecule has 1 N–H and O–H groups in total. The number of carbonyl (C=O) groups excluding carboxylic acids is 1. The van der Waals surface area contributed by atoms with Crippen LogP contribution in [-0.2, 0) is 14.3 Å². The van der Waals surface area contributed by atoms with Gasteiger partial charge in [-0.25, -0.2) is 14.8 Å². The van der Waals surface area contributed by atoms with Crippen molar-refractivity contribution < 1.29 is 24.2 Å². The Balaban J connectivity index is 1.58. The van der Waals surface area contributed by atoms with Gasteiger partial charge >= 0.3 is 11.9 Å². The predicted molar refractivity (Wildman–Crippen MR) is 105 cm³/mol. The Labute approximate surface area is 166 Å². The maximum atomic E-state index is 11.6.